The van der Waals surface area contributed by atoms with Crippen molar-refractivity contribution in [3.05, 3.63) is 90.7 Å². The highest BCUT2D eigenvalue weighted by molar-refractivity contribution is 8.14. The molecule has 34 heavy (non-hydrogen) atoms. The first-order valence-electron chi connectivity index (χ1n) is 11.3. The molecule has 0 amide bonds. The predicted octanol–water partition coefficient (Wildman–Crippen LogP) is 6.90. The van der Waals surface area contributed by atoms with Gasteiger partial charge in [-0.2, -0.15) is 12.6 Å². The van der Waals surface area contributed by atoms with E-state index >= 15 is 0 Å². The lowest BCUT2D eigenvalue weighted by Gasteiger charge is -2.23. The zero-order chi connectivity index (χ0) is 23.9. The summed E-state index contributed by atoms with van der Waals surface area (Å²) in [4.78, 5) is 4.98. The Bertz CT molecular complexity index is 1220. The van der Waals surface area contributed by atoms with E-state index in [1.165, 1.54) is 0 Å². The molecule has 3 aromatic carbocycles. The number of aliphatic imine (C=N–C) groups is 1. The number of thioether (sulfide) groups is 1. The number of nitrogens with zero attached hydrogens (tertiary/aromatic N) is 1. The maximum absolute atomic E-state index is 6.68. The van der Waals surface area contributed by atoms with Crippen LogP contribution in [0.1, 0.15) is 13.3 Å². The van der Waals surface area contributed by atoms with Gasteiger partial charge in [-0.25, -0.2) is 4.99 Å². The number of rotatable bonds is 7. The third kappa shape index (κ3) is 5.76. The van der Waals surface area contributed by atoms with Crippen molar-refractivity contribution in [2.24, 2.45) is 10.7 Å². The van der Waals surface area contributed by atoms with Crippen LogP contribution in [-0.2, 0) is 0 Å². The van der Waals surface area contributed by atoms with Crippen molar-refractivity contribution in [2.45, 2.75) is 19.4 Å². The van der Waals surface area contributed by atoms with Gasteiger partial charge in [0.15, 0.2) is 0 Å². The number of nitrogens with one attached hydrogen (secondary N) is 1. The van der Waals surface area contributed by atoms with Gasteiger partial charge in [-0.15, -0.1) is 11.8 Å². The number of thiol groups is 1. The van der Waals surface area contributed by atoms with Crippen molar-refractivity contribution in [3.63, 3.8) is 0 Å². The summed E-state index contributed by atoms with van der Waals surface area (Å²) >= 11 is 6.02. The van der Waals surface area contributed by atoms with E-state index in [4.69, 9.17) is 16.5 Å². The van der Waals surface area contributed by atoms with Crippen LogP contribution < -0.4 is 16.8 Å². The van der Waals surface area contributed by atoms with Gasteiger partial charge in [0.2, 0.25) is 0 Å². The van der Waals surface area contributed by atoms with Gasteiger partial charge in [0, 0.05) is 23.1 Å². The number of hydrogen-bond acceptors (Lipinski definition) is 6. The van der Waals surface area contributed by atoms with Crippen molar-refractivity contribution in [3.8, 4) is 22.3 Å². The zero-order valence-corrected chi connectivity index (χ0v) is 20.9. The Morgan fingerprint density at radius 1 is 1.09 bits per heavy atom. The van der Waals surface area contributed by atoms with E-state index < -0.39 is 0 Å². The van der Waals surface area contributed by atoms with Gasteiger partial charge in [-0.05, 0) is 47.9 Å². The van der Waals surface area contributed by atoms with Crippen molar-refractivity contribution >= 4 is 46.5 Å². The average molecular weight is 487 g/mol. The summed E-state index contributed by atoms with van der Waals surface area (Å²) in [5.41, 5.74) is 20.3. The van der Waals surface area contributed by atoms with Crippen molar-refractivity contribution in [2.75, 3.05) is 22.6 Å². The summed E-state index contributed by atoms with van der Waals surface area (Å²) < 4.78 is 0. The lowest BCUT2D eigenvalue weighted by atomic mass is 9.91. The van der Waals surface area contributed by atoms with Crippen molar-refractivity contribution in [1.29, 1.82) is 0 Å². The molecule has 0 aliphatic heterocycles. The summed E-state index contributed by atoms with van der Waals surface area (Å²) in [6.45, 7) is 2.02. The van der Waals surface area contributed by atoms with Crippen LogP contribution in [-0.4, -0.2) is 22.6 Å². The molecule has 4 nitrogen and oxygen atoms in total. The van der Waals surface area contributed by atoms with Gasteiger partial charge in [0.1, 0.15) is 5.69 Å². The van der Waals surface area contributed by atoms with Gasteiger partial charge in [0.05, 0.1) is 16.4 Å². The Labute approximate surface area is 211 Å². The quantitative estimate of drug-likeness (QED) is 0.127. The van der Waals surface area contributed by atoms with E-state index in [9.17, 15) is 0 Å². The molecule has 1 aliphatic carbocycles. The molecule has 0 aromatic heterocycles. The fourth-order valence-corrected chi connectivity index (χ4v) is 4.76. The molecule has 6 heteroatoms. The number of benzene rings is 3. The van der Waals surface area contributed by atoms with E-state index in [0.717, 1.165) is 62.3 Å². The van der Waals surface area contributed by atoms with E-state index in [1.807, 2.05) is 49.4 Å². The van der Waals surface area contributed by atoms with E-state index in [-0.39, 0.29) is 6.04 Å². The number of nitrogens with two attached hydrogens (primary N) is 2. The first-order chi connectivity index (χ1) is 16.6. The largest absolute Gasteiger partial charge is 0.397 e. The molecule has 1 aliphatic rings. The third-order valence-electron chi connectivity index (χ3n) is 5.55. The van der Waals surface area contributed by atoms with Crippen LogP contribution in [0.5, 0.6) is 0 Å². The molecule has 0 heterocycles. The van der Waals surface area contributed by atoms with Crippen LogP contribution in [0.15, 0.2) is 95.6 Å². The highest BCUT2D eigenvalue weighted by Crippen LogP contribution is 2.47. The normalized spacial score (nSPS) is 15.8. The molecule has 0 bridgehead atoms. The fraction of sp³-hybridized carbons (Fsp3) is 0.179. The molecule has 0 fully saturated rings. The lowest BCUT2D eigenvalue weighted by molar-refractivity contribution is 0.819. The summed E-state index contributed by atoms with van der Waals surface area (Å²) in [5.74, 6) is 1.68. The van der Waals surface area contributed by atoms with E-state index in [1.54, 1.807) is 11.8 Å². The average Bonchev–Trinajstić information content (AvgIpc) is 2.87. The Kier molecular flexibility index (Phi) is 8.16. The summed E-state index contributed by atoms with van der Waals surface area (Å²) in [5, 5.41) is 4.61. The standard InChI is InChI=1S/C28H30N4S2/c1-19(34-17-16-33)31-27-25(30)18-24(20-8-4-2-5-9-20)26(21-10-6-3-7-11-21)28(27)32-23-14-12-22(29)13-15-23/h2-12,14-15,18,22,32-33H,13,16-17,29-30H2,1H3. The molecular formula is C28H30N4S2. The van der Waals surface area contributed by atoms with Gasteiger partial charge in [-0.1, -0.05) is 72.8 Å². The molecule has 4 rings (SSSR count). The molecule has 1 unspecified atom stereocenters. The maximum atomic E-state index is 6.68. The highest BCUT2D eigenvalue weighted by Gasteiger charge is 2.21. The van der Waals surface area contributed by atoms with Crippen LogP contribution in [0.25, 0.3) is 22.3 Å². The number of allylic oxidation sites excluding steroid dienone is 1. The van der Waals surface area contributed by atoms with Crippen molar-refractivity contribution < 1.29 is 0 Å². The zero-order valence-electron chi connectivity index (χ0n) is 19.2. The molecule has 0 saturated heterocycles. The third-order valence-corrected chi connectivity index (χ3v) is 6.99. The minimum atomic E-state index is 0.0391. The lowest BCUT2D eigenvalue weighted by Crippen LogP contribution is -2.19. The molecule has 1 atom stereocenters. The molecule has 0 saturated carbocycles. The minimum Gasteiger partial charge on any atom is -0.397 e. The second kappa shape index (κ2) is 11.5. The Balaban J connectivity index is 1.97. The highest BCUT2D eigenvalue weighted by atomic mass is 32.2. The second-order valence-corrected chi connectivity index (χ2v) is 9.83. The number of anilines is 2. The molecule has 3 aromatic rings. The summed E-state index contributed by atoms with van der Waals surface area (Å²) in [7, 11) is 0. The van der Waals surface area contributed by atoms with Crippen LogP contribution in [0.3, 0.4) is 0 Å². The first-order valence-corrected chi connectivity index (χ1v) is 13.0. The second-order valence-electron chi connectivity index (χ2n) is 8.09. The van der Waals surface area contributed by atoms with Crippen molar-refractivity contribution in [1.82, 2.24) is 0 Å². The van der Waals surface area contributed by atoms with Gasteiger partial charge >= 0.3 is 0 Å². The van der Waals surface area contributed by atoms with Gasteiger partial charge < -0.3 is 16.8 Å². The Morgan fingerprint density at radius 2 is 1.76 bits per heavy atom. The molecule has 0 spiro atoms. The van der Waals surface area contributed by atoms with Gasteiger partial charge in [0.25, 0.3) is 0 Å². The van der Waals surface area contributed by atoms with E-state index in [0.29, 0.717) is 5.69 Å². The Hall–Kier alpha value is -2.93. The van der Waals surface area contributed by atoms with Crippen LogP contribution in [0.2, 0.25) is 0 Å². The number of hydrogen-bond donors (Lipinski definition) is 4. The fourth-order valence-electron chi connectivity index (χ4n) is 3.94. The minimum absolute atomic E-state index is 0.0391. The smallest absolute Gasteiger partial charge is 0.111 e. The van der Waals surface area contributed by atoms with Crippen LogP contribution in [0.4, 0.5) is 17.1 Å². The van der Waals surface area contributed by atoms with Gasteiger partial charge in [-0.3, -0.25) is 0 Å². The maximum Gasteiger partial charge on any atom is 0.111 e. The molecule has 5 N–H and O–H groups in total. The number of nitrogen functional groups attached to an aromatic ring is 1. The predicted molar refractivity (Wildman–Crippen MR) is 154 cm³/mol. The Morgan fingerprint density at radius 3 is 2.38 bits per heavy atom. The molecule has 0 radical (unpaired) electrons. The molecule has 174 valence electrons. The van der Waals surface area contributed by atoms with Crippen LogP contribution in [0, 0.1) is 0 Å². The monoisotopic (exact) mass is 486 g/mol. The van der Waals surface area contributed by atoms with Crippen LogP contribution >= 0.6 is 24.4 Å². The SMILES string of the molecule is CC(=Nc1c(N)cc(-c2ccccc2)c(-c2ccccc2)c1NC1=CCC(N)C=C1)SCCS. The topological polar surface area (TPSA) is 76.4 Å². The molecular weight excluding hydrogens is 456 g/mol. The summed E-state index contributed by atoms with van der Waals surface area (Å²) in [6.07, 6.45) is 6.96. The first kappa shape index (κ1) is 24.2. The van der Waals surface area contributed by atoms with E-state index in [2.05, 4.69) is 60.4 Å². The summed E-state index contributed by atoms with van der Waals surface area (Å²) in [6, 6.07) is 22.8.